The Hall–Kier alpha value is -1.59. The van der Waals surface area contributed by atoms with Crippen LogP contribution in [0.15, 0.2) is 40.9 Å². The number of carbonyl (C=O) groups excluding carboxylic acids is 1. The number of halogens is 3. The maximum Gasteiger partial charge on any atom is 0.257 e. The average molecular weight is 344 g/mol. The van der Waals surface area contributed by atoms with Crippen molar-refractivity contribution in [3.05, 3.63) is 57.3 Å². The number of hydrogen-bond donors (Lipinski definition) is 2. The monoisotopic (exact) mass is 342 g/mol. The first-order chi connectivity index (χ1) is 8.97. The first kappa shape index (κ1) is 13.8. The van der Waals surface area contributed by atoms with Gasteiger partial charge >= 0.3 is 0 Å². The van der Waals surface area contributed by atoms with Crippen LogP contribution in [-0.2, 0) is 0 Å². The van der Waals surface area contributed by atoms with Gasteiger partial charge in [-0.2, -0.15) is 0 Å². The number of carbonyl (C=O) groups is 1. The van der Waals surface area contributed by atoms with Gasteiger partial charge in [0.15, 0.2) is 0 Å². The highest BCUT2D eigenvalue weighted by atomic mass is 79.9. The fraction of sp³-hybridized carbons (Fsp3) is 0. The second-order valence-corrected chi connectivity index (χ2v) is 5.11. The number of anilines is 2. The highest BCUT2D eigenvalue weighted by Gasteiger charge is 2.11. The number of benzene rings is 2. The summed E-state index contributed by atoms with van der Waals surface area (Å²) in [6.07, 6.45) is 0. The third-order valence-electron chi connectivity index (χ3n) is 2.44. The normalized spacial score (nSPS) is 10.3. The van der Waals surface area contributed by atoms with Crippen molar-refractivity contribution < 1.29 is 9.18 Å². The molecule has 1 amide bonds. The zero-order valence-electron chi connectivity index (χ0n) is 9.58. The standard InChI is InChI=1S/C13H9BrClFN2O/c14-10-6-8(2-3-11(10)16)18-13(19)9-5-7(15)1-4-12(9)17/h1-6H,17H2,(H,18,19). The van der Waals surface area contributed by atoms with E-state index in [1.54, 1.807) is 12.1 Å². The van der Waals surface area contributed by atoms with Crippen LogP contribution >= 0.6 is 27.5 Å². The summed E-state index contributed by atoms with van der Waals surface area (Å²) in [5, 5.41) is 3.04. The molecule has 19 heavy (non-hydrogen) atoms. The Labute approximate surface area is 122 Å². The topological polar surface area (TPSA) is 55.1 Å². The molecule has 2 aromatic rings. The Morgan fingerprint density at radius 1 is 1.26 bits per heavy atom. The molecule has 0 heterocycles. The van der Waals surface area contributed by atoms with E-state index in [0.29, 0.717) is 16.4 Å². The van der Waals surface area contributed by atoms with Crippen LogP contribution in [0.3, 0.4) is 0 Å². The van der Waals surface area contributed by atoms with Gasteiger partial charge in [0.2, 0.25) is 0 Å². The van der Waals surface area contributed by atoms with E-state index in [2.05, 4.69) is 21.2 Å². The van der Waals surface area contributed by atoms with Crippen LogP contribution in [0.1, 0.15) is 10.4 Å². The molecule has 3 N–H and O–H groups in total. The Kier molecular flexibility index (Phi) is 4.07. The van der Waals surface area contributed by atoms with Crippen LogP contribution in [0.5, 0.6) is 0 Å². The number of nitrogens with one attached hydrogen (secondary N) is 1. The minimum Gasteiger partial charge on any atom is -0.398 e. The van der Waals surface area contributed by atoms with Crippen molar-refractivity contribution in [1.82, 2.24) is 0 Å². The maximum absolute atomic E-state index is 13.1. The molecule has 0 aliphatic carbocycles. The summed E-state index contributed by atoms with van der Waals surface area (Å²) in [5.41, 5.74) is 6.76. The summed E-state index contributed by atoms with van der Waals surface area (Å²) >= 11 is 8.86. The lowest BCUT2D eigenvalue weighted by atomic mass is 10.1. The smallest absolute Gasteiger partial charge is 0.257 e. The van der Waals surface area contributed by atoms with E-state index in [1.165, 1.54) is 24.3 Å². The van der Waals surface area contributed by atoms with Crippen LogP contribution in [0.4, 0.5) is 15.8 Å². The molecule has 0 aliphatic heterocycles. The fourth-order valence-electron chi connectivity index (χ4n) is 1.50. The van der Waals surface area contributed by atoms with E-state index in [-0.39, 0.29) is 10.0 Å². The Morgan fingerprint density at radius 3 is 2.68 bits per heavy atom. The molecule has 2 rings (SSSR count). The van der Waals surface area contributed by atoms with Gasteiger partial charge in [-0.1, -0.05) is 11.6 Å². The predicted octanol–water partition coefficient (Wildman–Crippen LogP) is 4.08. The van der Waals surface area contributed by atoms with Crippen molar-refractivity contribution in [2.75, 3.05) is 11.1 Å². The van der Waals surface area contributed by atoms with E-state index in [1.807, 2.05) is 0 Å². The van der Waals surface area contributed by atoms with Crippen molar-refractivity contribution in [3.8, 4) is 0 Å². The van der Waals surface area contributed by atoms with E-state index >= 15 is 0 Å². The van der Waals surface area contributed by atoms with Crippen molar-refractivity contribution in [2.45, 2.75) is 0 Å². The molecule has 0 saturated carbocycles. The average Bonchev–Trinajstić information content (AvgIpc) is 2.36. The lowest BCUT2D eigenvalue weighted by Gasteiger charge is -2.08. The summed E-state index contributed by atoms with van der Waals surface area (Å²) in [4.78, 5) is 12.0. The molecule has 0 atom stereocenters. The molecule has 98 valence electrons. The van der Waals surface area contributed by atoms with Crippen LogP contribution in [0, 0.1) is 5.82 Å². The van der Waals surface area contributed by atoms with Gasteiger partial charge in [0, 0.05) is 16.4 Å². The molecule has 0 aromatic heterocycles. The zero-order valence-corrected chi connectivity index (χ0v) is 11.9. The molecule has 6 heteroatoms. The van der Waals surface area contributed by atoms with Crippen LogP contribution in [-0.4, -0.2) is 5.91 Å². The second kappa shape index (κ2) is 5.59. The first-order valence-corrected chi connectivity index (χ1v) is 6.46. The minimum absolute atomic E-state index is 0.268. The molecular weight excluding hydrogens is 335 g/mol. The number of rotatable bonds is 2. The van der Waals surface area contributed by atoms with Crippen molar-refractivity contribution in [1.29, 1.82) is 0 Å². The minimum atomic E-state index is -0.404. The van der Waals surface area contributed by atoms with Crippen LogP contribution in [0.25, 0.3) is 0 Å². The molecule has 0 bridgehead atoms. The summed E-state index contributed by atoms with van der Waals surface area (Å²) in [6, 6.07) is 8.80. The van der Waals surface area contributed by atoms with Gasteiger partial charge in [-0.15, -0.1) is 0 Å². The van der Waals surface area contributed by atoms with Gasteiger partial charge in [-0.05, 0) is 52.3 Å². The highest BCUT2D eigenvalue weighted by Crippen LogP contribution is 2.22. The fourth-order valence-corrected chi connectivity index (χ4v) is 2.05. The Balaban J connectivity index is 2.25. The van der Waals surface area contributed by atoms with E-state index in [4.69, 9.17) is 17.3 Å². The Bertz CT molecular complexity index is 649. The predicted molar refractivity (Wildman–Crippen MR) is 77.9 cm³/mol. The van der Waals surface area contributed by atoms with Gasteiger partial charge in [0.25, 0.3) is 5.91 Å². The number of nitrogens with two attached hydrogens (primary N) is 1. The summed E-state index contributed by atoms with van der Waals surface area (Å²) < 4.78 is 13.3. The van der Waals surface area contributed by atoms with Gasteiger partial charge in [-0.25, -0.2) is 4.39 Å². The molecule has 0 radical (unpaired) electrons. The number of amides is 1. The lowest BCUT2D eigenvalue weighted by molar-refractivity contribution is 0.102. The molecule has 2 aromatic carbocycles. The number of hydrogen-bond acceptors (Lipinski definition) is 2. The van der Waals surface area contributed by atoms with Crippen LogP contribution in [0.2, 0.25) is 5.02 Å². The van der Waals surface area contributed by atoms with E-state index in [9.17, 15) is 9.18 Å². The zero-order chi connectivity index (χ0) is 14.0. The van der Waals surface area contributed by atoms with Gasteiger partial charge in [0.05, 0.1) is 10.0 Å². The van der Waals surface area contributed by atoms with Gasteiger partial charge in [0.1, 0.15) is 5.82 Å². The number of nitrogen functional groups attached to an aromatic ring is 1. The molecule has 0 fully saturated rings. The maximum atomic E-state index is 13.1. The van der Waals surface area contributed by atoms with E-state index in [0.717, 1.165) is 0 Å². The SMILES string of the molecule is Nc1ccc(Cl)cc1C(=O)Nc1ccc(F)c(Br)c1. The van der Waals surface area contributed by atoms with Crippen molar-refractivity contribution in [2.24, 2.45) is 0 Å². The third-order valence-corrected chi connectivity index (χ3v) is 3.28. The third kappa shape index (κ3) is 3.24. The molecule has 0 spiro atoms. The first-order valence-electron chi connectivity index (χ1n) is 5.29. The summed E-state index contributed by atoms with van der Waals surface area (Å²) in [7, 11) is 0. The Morgan fingerprint density at radius 2 is 2.00 bits per heavy atom. The van der Waals surface area contributed by atoms with Gasteiger partial charge in [-0.3, -0.25) is 4.79 Å². The van der Waals surface area contributed by atoms with Crippen molar-refractivity contribution in [3.63, 3.8) is 0 Å². The molecule has 0 aliphatic rings. The largest absolute Gasteiger partial charge is 0.398 e. The highest BCUT2D eigenvalue weighted by molar-refractivity contribution is 9.10. The molecule has 0 unspecified atom stereocenters. The quantitative estimate of drug-likeness (QED) is 0.807. The van der Waals surface area contributed by atoms with E-state index < -0.39 is 11.7 Å². The lowest BCUT2D eigenvalue weighted by Crippen LogP contribution is -2.14. The second-order valence-electron chi connectivity index (χ2n) is 3.81. The summed E-state index contributed by atoms with van der Waals surface area (Å²) in [6.45, 7) is 0. The van der Waals surface area contributed by atoms with Crippen LogP contribution < -0.4 is 11.1 Å². The molecule has 0 saturated heterocycles. The molecular formula is C13H9BrClFN2O. The van der Waals surface area contributed by atoms with Crippen molar-refractivity contribution >= 4 is 44.8 Å². The molecule has 3 nitrogen and oxygen atoms in total. The summed E-state index contributed by atoms with van der Waals surface area (Å²) in [5.74, 6) is -0.807. The van der Waals surface area contributed by atoms with Gasteiger partial charge < -0.3 is 11.1 Å².